The summed E-state index contributed by atoms with van der Waals surface area (Å²) in [7, 11) is 0. The minimum absolute atomic E-state index is 0.00737. The fourth-order valence-electron chi connectivity index (χ4n) is 1.01. The highest BCUT2D eigenvalue weighted by molar-refractivity contribution is 7.99. The molecule has 0 spiro atoms. The number of nitrogens with two attached hydrogens (primary N) is 1. The molecule has 4 heteroatoms. The molecule has 0 aliphatic carbocycles. The Morgan fingerprint density at radius 1 is 1.50 bits per heavy atom. The molecular formula is C10H22N2OS. The van der Waals surface area contributed by atoms with E-state index < -0.39 is 0 Å². The molecule has 1 unspecified atom stereocenters. The summed E-state index contributed by atoms with van der Waals surface area (Å²) in [6.07, 6.45) is 3.70. The van der Waals surface area contributed by atoms with Crippen molar-refractivity contribution in [3.05, 3.63) is 0 Å². The molecule has 3 N–H and O–H groups in total. The summed E-state index contributed by atoms with van der Waals surface area (Å²) in [5.74, 6) is 0.0780. The molecule has 0 aromatic heterocycles. The summed E-state index contributed by atoms with van der Waals surface area (Å²) in [5, 5.41) is 2.90. The first-order chi connectivity index (χ1) is 6.49. The van der Waals surface area contributed by atoms with Gasteiger partial charge in [0.05, 0.1) is 5.25 Å². The summed E-state index contributed by atoms with van der Waals surface area (Å²) < 4.78 is 0. The molecule has 0 aliphatic rings. The Bertz CT molecular complexity index is 181. The van der Waals surface area contributed by atoms with E-state index in [2.05, 4.69) is 5.32 Å². The zero-order chi connectivity index (χ0) is 11.2. The van der Waals surface area contributed by atoms with Gasteiger partial charge in [-0.1, -0.05) is 13.8 Å². The van der Waals surface area contributed by atoms with E-state index >= 15 is 0 Å². The minimum atomic E-state index is -0.242. The Morgan fingerprint density at radius 2 is 2.00 bits per heavy atom. The van der Waals surface area contributed by atoms with Crippen LogP contribution < -0.4 is 11.1 Å². The molecule has 0 fully saturated rings. The monoisotopic (exact) mass is 218 g/mol. The second-order valence-corrected chi connectivity index (χ2v) is 4.84. The van der Waals surface area contributed by atoms with Crippen LogP contribution in [0.25, 0.3) is 0 Å². The van der Waals surface area contributed by atoms with Gasteiger partial charge in [-0.15, -0.1) is 0 Å². The maximum absolute atomic E-state index is 11.5. The van der Waals surface area contributed by atoms with Gasteiger partial charge in [-0.2, -0.15) is 11.8 Å². The Labute approximate surface area is 91.2 Å². The molecular weight excluding hydrogens is 196 g/mol. The first-order valence-electron chi connectivity index (χ1n) is 5.08. The number of hydrogen-bond acceptors (Lipinski definition) is 3. The Hall–Kier alpha value is -0.220. The zero-order valence-electron chi connectivity index (χ0n) is 9.59. The average molecular weight is 218 g/mol. The van der Waals surface area contributed by atoms with E-state index in [0.29, 0.717) is 6.54 Å². The molecule has 0 saturated heterocycles. The van der Waals surface area contributed by atoms with Gasteiger partial charge in [0.1, 0.15) is 0 Å². The SMILES string of the molecule is CCC(N)(CC)CNC(=O)C(C)SC. The second-order valence-electron chi connectivity index (χ2n) is 3.67. The van der Waals surface area contributed by atoms with Crippen LogP contribution >= 0.6 is 11.8 Å². The molecule has 0 bridgehead atoms. The van der Waals surface area contributed by atoms with E-state index in [9.17, 15) is 4.79 Å². The number of carbonyl (C=O) groups is 1. The molecule has 0 aliphatic heterocycles. The molecule has 0 rings (SSSR count). The highest BCUT2D eigenvalue weighted by atomic mass is 32.2. The lowest BCUT2D eigenvalue weighted by molar-refractivity contribution is -0.120. The van der Waals surface area contributed by atoms with Crippen LogP contribution in [0.5, 0.6) is 0 Å². The van der Waals surface area contributed by atoms with Crippen molar-refractivity contribution < 1.29 is 4.79 Å². The number of amides is 1. The van der Waals surface area contributed by atoms with Gasteiger partial charge >= 0.3 is 0 Å². The largest absolute Gasteiger partial charge is 0.353 e. The van der Waals surface area contributed by atoms with Crippen LogP contribution in [0, 0.1) is 0 Å². The van der Waals surface area contributed by atoms with Gasteiger partial charge in [-0.05, 0) is 26.0 Å². The molecule has 1 atom stereocenters. The summed E-state index contributed by atoms with van der Waals surface area (Å²) in [6.45, 7) is 6.57. The molecule has 0 aromatic rings. The van der Waals surface area contributed by atoms with E-state index in [1.165, 1.54) is 0 Å². The van der Waals surface area contributed by atoms with E-state index in [-0.39, 0.29) is 16.7 Å². The second kappa shape index (κ2) is 6.30. The van der Waals surface area contributed by atoms with Crippen molar-refractivity contribution in [2.45, 2.75) is 44.4 Å². The van der Waals surface area contributed by atoms with Crippen LogP contribution in [0.4, 0.5) is 0 Å². The van der Waals surface area contributed by atoms with Crippen LogP contribution in [0.3, 0.4) is 0 Å². The molecule has 0 saturated carbocycles. The van der Waals surface area contributed by atoms with Crippen molar-refractivity contribution in [2.75, 3.05) is 12.8 Å². The van der Waals surface area contributed by atoms with Gasteiger partial charge in [-0.25, -0.2) is 0 Å². The molecule has 0 aromatic carbocycles. The predicted molar refractivity (Wildman–Crippen MR) is 63.5 cm³/mol. The first kappa shape index (κ1) is 13.8. The molecule has 84 valence electrons. The van der Waals surface area contributed by atoms with Crippen LogP contribution in [0.1, 0.15) is 33.6 Å². The van der Waals surface area contributed by atoms with E-state index in [1.54, 1.807) is 11.8 Å². The van der Waals surface area contributed by atoms with Gasteiger partial charge in [0.25, 0.3) is 0 Å². The third kappa shape index (κ3) is 4.33. The Kier molecular flexibility index (Phi) is 6.20. The van der Waals surface area contributed by atoms with Crippen LogP contribution in [-0.4, -0.2) is 29.5 Å². The number of rotatable bonds is 6. The van der Waals surface area contributed by atoms with E-state index in [4.69, 9.17) is 5.73 Å². The van der Waals surface area contributed by atoms with Crippen molar-refractivity contribution in [3.8, 4) is 0 Å². The summed E-state index contributed by atoms with van der Waals surface area (Å²) in [6, 6.07) is 0. The molecule has 14 heavy (non-hydrogen) atoms. The van der Waals surface area contributed by atoms with Gasteiger partial charge < -0.3 is 11.1 Å². The number of hydrogen-bond donors (Lipinski definition) is 2. The molecule has 3 nitrogen and oxygen atoms in total. The van der Waals surface area contributed by atoms with Crippen molar-refractivity contribution in [2.24, 2.45) is 5.73 Å². The Balaban J connectivity index is 3.98. The van der Waals surface area contributed by atoms with Crippen molar-refractivity contribution >= 4 is 17.7 Å². The van der Waals surface area contributed by atoms with E-state index in [1.807, 2.05) is 27.0 Å². The number of thioether (sulfide) groups is 1. The summed E-state index contributed by atoms with van der Waals surface area (Å²) in [5.41, 5.74) is 5.82. The van der Waals surface area contributed by atoms with Crippen LogP contribution in [0.15, 0.2) is 0 Å². The maximum Gasteiger partial charge on any atom is 0.232 e. The Morgan fingerprint density at radius 3 is 2.36 bits per heavy atom. The zero-order valence-corrected chi connectivity index (χ0v) is 10.4. The highest BCUT2D eigenvalue weighted by Crippen LogP contribution is 2.10. The first-order valence-corrected chi connectivity index (χ1v) is 6.37. The van der Waals surface area contributed by atoms with Crippen molar-refractivity contribution in [1.82, 2.24) is 5.32 Å². The summed E-state index contributed by atoms with van der Waals surface area (Å²) in [4.78, 5) is 11.5. The predicted octanol–water partition coefficient (Wildman–Crippen LogP) is 1.37. The van der Waals surface area contributed by atoms with Gasteiger partial charge in [0, 0.05) is 12.1 Å². The van der Waals surface area contributed by atoms with Gasteiger partial charge in [-0.3, -0.25) is 4.79 Å². The lowest BCUT2D eigenvalue weighted by Crippen LogP contribution is -2.50. The minimum Gasteiger partial charge on any atom is -0.353 e. The van der Waals surface area contributed by atoms with Gasteiger partial charge in [0.2, 0.25) is 5.91 Å². The summed E-state index contributed by atoms with van der Waals surface area (Å²) >= 11 is 1.55. The molecule has 1 amide bonds. The average Bonchev–Trinajstić information content (AvgIpc) is 2.24. The fraction of sp³-hybridized carbons (Fsp3) is 0.900. The molecule has 0 heterocycles. The standard InChI is InChI=1S/C10H22N2OS/c1-5-10(11,6-2)7-12-9(13)8(3)14-4/h8H,5-7,11H2,1-4H3,(H,12,13). The fourth-order valence-corrected chi connectivity index (χ4v) is 1.31. The maximum atomic E-state index is 11.5. The third-order valence-electron chi connectivity index (χ3n) is 2.75. The lowest BCUT2D eigenvalue weighted by Gasteiger charge is -2.27. The normalized spacial score (nSPS) is 13.8. The van der Waals surface area contributed by atoms with Crippen LogP contribution in [-0.2, 0) is 4.79 Å². The van der Waals surface area contributed by atoms with E-state index in [0.717, 1.165) is 12.8 Å². The lowest BCUT2D eigenvalue weighted by atomic mass is 9.94. The molecule has 0 radical (unpaired) electrons. The number of nitrogens with one attached hydrogen (secondary N) is 1. The quantitative estimate of drug-likeness (QED) is 0.708. The van der Waals surface area contributed by atoms with Crippen molar-refractivity contribution in [3.63, 3.8) is 0 Å². The smallest absolute Gasteiger partial charge is 0.232 e. The number of carbonyl (C=O) groups excluding carboxylic acids is 1. The topological polar surface area (TPSA) is 55.1 Å². The van der Waals surface area contributed by atoms with Crippen molar-refractivity contribution in [1.29, 1.82) is 0 Å². The highest BCUT2D eigenvalue weighted by Gasteiger charge is 2.22. The van der Waals surface area contributed by atoms with Crippen LogP contribution in [0.2, 0.25) is 0 Å². The third-order valence-corrected chi connectivity index (χ3v) is 3.67. The van der Waals surface area contributed by atoms with Gasteiger partial charge in [0.15, 0.2) is 0 Å².